The molecule has 3 nitrogen and oxygen atoms in total. The van der Waals surface area contributed by atoms with Gasteiger partial charge in [0.05, 0.1) is 11.5 Å². The van der Waals surface area contributed by atoms with Crippen molar-refractivity contribution in [1.29, 1.82) is 0 Å². The van der Waals surface area contributed by atoms with Gasteiger partial charge in [0, 0.05) is 24.1 Å². The average molecular weight is 249 g/mol. The van der Waals surface area contributed by atoms with Crippen molar-refractivity contribution in [2.75, 3.05) is 29.6 Å². The topological polar surface area (TPSA) is 46.2 Å². The van der Waals surface area contributed by atoms with E-state index in [9.17, 15) is 8.42 Å². The van der Waals surface area contributed by atoms with Crippen molar-refractivity contribution in [3.63, 3.8) is 0 Å². The van der Waals surface area contributed by atoms with Gasteiger partial charge in [0.15, 0.2) is 9.84 Å². The van der Waals surface area contributed by atoms with E-state index in [-0.39, 0.29) is 6.04 Å². The van der Waals surface area contributed by atoms with Crippen LogP contribution in [0, 0.1) is 0 Å². The lowest BCUT2D eigenvalue weighted by Gasteiger charge is -2.22. The molecule has 0 radical (unpaired) electrons. The summed E-state index contributed by atoms with van der Waals surface area (Å²) in [5.41, 5.74) is 0. The molecule has 1 saturated heterocycles. The fraction of sp³-hybridized carbons (Fsp3) is 0.800. The third-order valence-corrected chi connectivity index (χ3v) is 5.16. The van der Waals surface area contributed by atoms with Crippen LogP contribution in [0.1, 0.15) is 12.8 Å². The molecule has 1 rings (SSSR count). The van der Waals surface area contributed by atoms with Crippen molar-refractivity contribution in [3.05, 3.63) is 12.7 Å². The SMILES string of the molecule is C=CCSCCNC1CCCS(=O)(=O)C1. The van der Waals surface area contributed by atoms with Crippen LogP contribution in [0.5, 0.6) is 0 Å². The molecule has 1 heterocycles. The Labute approximate surface area is 96.6 Å². The zero-order valence-electron chi connectivity index (χ0n) is 8.94. The van der Waals surface area contributed by atoms with Gasteiger partial charge in [-0.1, -0.05) is 6.08 Å². The molecular formula is C10H19NO2S2. The van der Waals surface area contributed by atoms with Gasteiger partial charge < -0.3 is 5.32 Å². The first-order chi connectivity index (χ1) is 7.14. The fourth-order valence-corrected chi connectivity index (χ4v) is 3.95. The number of hydrogen-bond donors (Lipinski definition) is 1. The number of sulfone groups is 1. The number of thioether (sulfide) groups is 1. The van der Waals surface area contributed by atoms with Crippen LogP contribution >= 0.6 is 11.8 Å². The molecule has 0 bridgehead atoms. The summed E-state index contributed by atoms with van der Waals surface area (Å²) < 4.78 is 22.7. The average Bonchev–Trinajstić information content (AvgIpc) is 2.16. The molecule has 1 atom stereocenters. The van der Waals surface area contributed by atoms with Gasteiger partial charge in [-0.3, -0.25) is 0 Å². The molecule has 0 aromatic carbocycles. The molecular weight excluding hydrogens is 230 g/mol. The highest BCUT2D eigenvalue weighted by molar-refractivity contribution is 7.99. The molecule has 0 saturated carbocycles. The summed E-state index contributed by atoms with van der Waals surface area (Å²) in [6.07, 6.45) is 3.68. The van der Waals surface area contributed by atoms with Crippen LogP contribution in [0.15, 0.2) is 12.7 Å². The van der Waals surface area contributed by atoms with Gasteiger partial charge in [-0.25, -0.2) is 8.42 Å². The van der Waals surface area contributed by atoms with E-state index in [1.54, 1.807) is 0 Å². The number of rotatable bonds is 6. The van der Waals surface area contributed by atoms with E-state index in [2.05, 4.69) is 11.9 Å². The second-order valence-corrected chi connectivity index (χ2v) is 7.15. The summed E-state index contributed by atoms with van der Waals surface area (Å²) >= 11 is 1.81. The monoisotopic (exact) mass is 249 g/mol. The van der Waals surface area contributed by atoms with Crippen LogP contribution in [0.25, 0.3) is 0 Å². The molecule has 0 aliphatic carbocycles. The van der Waals surface area contributed by atoms with Crippen molar-refractivity contribution in [2.24, 2.45) is 0 Å². The van der Waals surface area contributed by atoms with Crippen LogP contribution in [0.3, 0.4) is 0 Å². The molecule has 1 N–H and O–H groups in total. The highest BCUT2D eigenvalue weighted by atomic mass is 32.2. The van der Waals surface area contributed by atoms with Crippen LogP contribution in [-0.4, -0.2) is 44.0 Å². The van der Waals surface area contributed by atoms with Crippen LogP contribution in [-0.2, 0) is 9.84 Å². The van der Waals surface area contributed by atoms with E-state index >= 15 is 0 Å². The zero-order chi connectivity index (χ0) is 11.1. The van der Waals surface area contributed by atoms with Crippen molar-refractivity contribution >= 4 is 21.6 Å². The third-order valence-electron chi connectivity index (χ3n) is 2.38. The Balaban J connectivity index is 2.13. The minimum Gasteiger partial charge on any atom is -0.312 e. The summed E-state index contributed by atoms with van der Waals surface area (Å²) in [5.74, 6) is 2.67. The van der Waals surface area contributed by atoms with Gasteiger partial charge in [-0.05, 0) is 12.8 Å². The van der Waals surface area contributed by atoms with Gasteiger partial charge in [0.2, 0.25) is 0 Å². The first kappa shape index (κ1) is 13.1. The maximum absolute atomic E-state index is 11.3. The summed E-state index contributed by atoms with van der Waals surface area (Å²) in [5, 5.41) is 3.30. The number of nitrogens with one attached hydrogen (secondary N) is 1. The van der Waals surface area contributed by atoms with E-state index in [1.807, 2.05) is 17.8 Å². The second-order valence-electron chi connectivity index (χ2n) is 3.77. The van der Waals surface area contributed by atoms with Crippen molar-refractivity contribution < 1.29 is 8.42 Å². The first-order valence-electron chi connectivity index (χ1n) is 5.26. The lowest BCUT2D eigenvalue weighted by Crippen LogP contribution is -2.41. The Hall–Kier alpha value is -0.0000000000000000555. The van der Waals surface area contributed by atoms with Gasteiger partial charge in [-0.2, -0.15) is 11.8 Å². The molecule has 0 spiro atoms. The zero-order valence-corrected chi connectivity index (χ0v) is 10.6. The summed E-state index contributed by atoms with van der Waals surface area (Å²) in [7, 11) is -2.76. The first-order valence-corrected chi connectivity index (χ1v) is 8.24. The van der Waals surface area contributed by atoms with E-state index < -0.39 is 9.84 Å². The third kappa shape index (κ3) is 5.58. The molecule has 1 aliphatic rings. The summed E-state index contributed by atoms with van der Waals surface area (Å²) in [6, 6.07) is 0.174. The summed E-state index contributed by atoms with van der Waals surface area (Å²) in [4.78, 5) is 0. The maximum atomic E-state index is 11.3. The smallest absolute Gasteiger partial charge is 0.151 e. The quantitative estimate of drug-likeness (QED) is 0.565. The van der Waals surface area contributed by atoms with Crippen LogP contribution < -0.4 is 5.32 Å². The Kier molecular flexibility index (Phi) is 5.71. The number of hydrogen-bond acceptors (Lipinski definition) is 4. The Bertz CT molecular complexity index is 288. The highest BCUT2D eigenvalue weighted by Crippen LogP contribution is 2.11. The Morgan fingerprint density at radius 3 is 3.00 bits per heavy atom. The van der Waals surface area contributed by atoms with E-state index in [0.717, 1.165) is 30.9 Å². The Morgan fingerprint density at radius 2 is 2.33 bits per heavy atom. The van der Waals surface area contributed by atoms with Crippen molar-refractivity contribution in [2.45, 2.75) is 18.9 Å². The minimum atomic E-state index is -2.76. The molecule has 0 aromatic heterocycles. The predicted octanol–water partition coefficient (Wildman–Crippen LogP) is 1.07. The predicted molar refractivity (Wildman–Crippen MR) is 67.2 cm³/mol. The largest absolute Gasteiger partial charge is 0.312 e. The minimum absolute atomic E-state index is 0.174. The van der Waals surface area contributed by atoms with Crippen LogP contribution in [0.4, 0.5) is 0 Å². The van der Waals surface area contributed by atoms with Gasteiger partial charge in [0.25, 0.3) is 0 Å². The molecule has 0 aromatic rings. The maximum Gasteiger partial charge on any atom is 0.151 e. The van der Waals surface area contributed by atoms with Crippen LogP contribution in [0.2, 0.25) is 0 Å². The molecule has 88 valence electrons. The Morgan fingerprint density at radius 1 is 1.53 bits per heavy atom. The molecule has 5 heteroatoms. The van der Waals surface area contributed by atoms with E-state index in [1.165, 1.54) is 0 Å². The molecule has 1 fully saturated rings. The highest BCUT2D eigenvalue weighted by Gasteiger charge is 2.23. The lowest BCUT2D eigenvalue weighted by molar-refractivity contribution is 0.492. The summed E-state index contributed by atoms with van der Waals surface area (Å²) in [6.45, 7) is 4.53. The molecule has 1 aliphatic heterocycles. The van der Waals surface area contributed by atoms with E-state index in [0.29, 0.717) is 11.5 Å². The van der Waals surface area contributed by atoms with Crippen molar-refractivity contribution in [1.82, 2.24) is 5.32 Å². The molecule has 1 unspecified atom stereocenters. The van der Waals surface area contributed by atoms with Crippen molar-refractivity contribution in [3.8, 4) is 0 Å². The van der Waals surface area contributed by atoms with Gasteiger partial charge in [0.1, 0.15) is 0 Å². The molecule has 0 amide bonds. The van der Waals surface area contributed by atoms with E-state index in [4.69, 9.17) is 0 Å². The fourth-order valence-electron chi connectivity index (χ4n) is 1.69. The van der Waals surface area contributed by atoms with Gasteiger partial charge in [-0.15, -0.1) is 6.58 Å². The van der Waals surface area contributed by atoms with Gasteiger partial charge >= 0.3 is 0 Å². The molecule has 15 heavy (non-hydrogen) atoms. The second kappa shape index (κ2) is 6.55. The normalized spacial score (nSPS) is 24.9. The standard InChI is InChI=1S/C10H19NO2S2/c1-2-6-14-7-5-11-10-4-3-8-15(12,13)9-10/h2,10-11H,1,3-9H2. The lowest BCUT2D eigenvalue weighted by atomic mass is 10.2.